The van der Waals surface area contributed by atoms with Gasteiger partial charge in [-0.2, -0.15) is 0 Å². The van der Waals surface area contributed by atoms with Crippen LogP contribution in [-0.4, -0.2) is 35.8 Å². The summed E-state index contributed by atoms with van der Waals surface area (Å²) >= 11 is 0. The van der Waals surface area contributed by atoms with Gasteiger partial charge >= 0.3 is 0 Å². The molecule has 0 spiro atoms. The first-order valence-corrected chi connectivity index (χ1v) is 8.44. The lowest BCUT2D eigenvalue weighted by Gasteiger charge is -2.34. The second kappa shape index (κ2) is 7.62. The summed E-state index contributed by atoms with van der Waals surface area (Å²) in [4.78, 5) is 26.3. The van der Waals surface area contributed by atoms with Crippen LogP contribution in [0.2, 0.25) is 0 Å². The number of hydrogen-bond donors (Lipinski definition) is 1. The van der Waals surface area contributed by atoms with E-state index in [2.05, 4.69) is 26.1 Å². The van der Waals surface area contributed by atoms with E-state index in [0.29, 0.717) is 12.8 Å². The molecule has 2 rings (SSSR count). The van der Waals surface area contributed by atoms with E-state index in [4.69, 9.17) is 0 Å². The topological polar surface area (TPSA) is 49.4 Å². The van der Waals surface area contributed by atoms with Crippen LogP contribution >= 0.6 is 0 Å². The Morgan fingerprint density at radius 1 is 1.13 bits per heavy atom. The first-order valence-electron chi connectivity index (χ1n) is 8.44. The molecular weight excluding hydrogens is 288 g/mol. The maximum Gasteiger partial charge on any atom is 0.224 e. The van der Waals surface area contributed by atoms with Gasteiger partial charge in [0.1, 0.15) is 0 Å². The molecule has 23 heavy (non-hydrogen) atoms. The monoisotopic (exact) mass is 316 g/mol. The van der Waals surface area contributed by atoms with Crippen molar-refractivity contribution in [1.82, 2.24) is 10.2 Å². The SMILES string of the molecule is CC(C)(C)CC(=O)N1CCC(NC(=O)Cc2ccccc2)CC1. The van der Waals surface area contributed by atoms with Gasteiger partial charge in [0.2, 0.25) is 11.8 Å². The van der Waals surface area contributed by atoms with Crippen molar-refractivity contribution in [3.05, 3.63) is 35.9 Å². The van der Waals surface area contributed by atoms with Crippen molar-refractivity contribution in [3.8, 4) is 0 Å². The third kappa shape index (κ3) is 6.05. The van der Waals surface area contributed by atoms with Crippen molar-refractivity contribution in [2.45, 2.75) is 52.5 Å². The highest BCUT2D eigenvalue weighted by Crippen LogP contribution is 2.21. The Morgan fingerprint density at radius 3 is 2.30 bits per heavy atom. The fourth-order valence-corrected chi connectivity index (χ4v) is 2.90. The van der Waals surface area contributed by atoms with Gasteiger partial charge < -0.3 is 10.2 Å². The second-order valence-corrected chi connectivity index (χ2v) is 7.62. The molecule has 1 saturated heterocycles. The number of amides is 2. The minimum absolute atomic E-state index is 0.0256. The Bertz CT molecular complexity index is 526. The van der Waals surface area contributed by atoms with Crippen LogP contribution in [0.25, 0.3) is 0 Å². The van der Waals surface area contributed by atoms with E-state index in [1.54, 1.807) is 0 Å². The normalized spacial score (nSPS) is 16.2. The van der Waals surface area contributed by atoms with Crippen LogP contribution in [-0.2, 0) is 16.0 Å². The number of likely N-dealkylation sites (tertiary alicyclic amines) is 1. The highest BCUT2D eigenvalue weighted by molar-refractivity contribution is 5.79. The molecule has 0 aliphatic carbocycles. The maximum atomic E-state index is 12.2. The van der Waals surface area contributed by atoms with Gasteiger partial charge in [-0.1, -0.05) is 51.1 Å². The van der Waals surface area contributed by atoms with E-state index in [0.717, 1.165) is 31.5 Å². The van der Waals surface area contributed by atoms with Crippen molar-refractivity contribution in [2.24, 2.45) is 5.41 Å². The third-order valence-electron chi connectivity index (χ3n) is 4.10. The van der Waals surface area contributed by atoms with E-state index >= 15 is 0 Å². The lowest BCUT2D eigenvalue weighted by molar-refractivity contribution is -0.134. The van der Waals surface area contributed by atoms with Gasteiger partial charge in [0.05, 0.1) is 6.42 Å². The highest BCUT2D eigenvalue weighted by Gasteiger charge is 2.26. The zero-order valence-corrected chi connectivity index (χ0v) is 14.5. The predicted octanol–water partition coefficient (Wildman–Crippen LogP) is 2.77. The summed E-state index contributed by atoms with van der Waals surface area (Å²) in [5.74, 6) is 0.294. The zero-order valence-electron chi connectivity index (χ0n) is 14.5. The van der Waals surface area contributed by atoms with Crippen LogP contribution in [0.4, 0.5) is 0 Å². The van der Waals surface area contributed by atoms with Gasteiger partial charge in [0, 0.05) is 25.6 Å². The zero-order chi connectivity index (χ0) is 16.9. The van der Waals surface area contributed by atoms with Crippen LogP contribution in [0.3, 0.4) is 0 Å². The largest absolute Gasteiger partial charge is 0.353 e. The average Bonchev–Trinajstić information content (AvgIpc) is 2.47. The summed E-state index contributed by atoms with van der Waals surface area (Å²) in [7, 11) is 0. The minimum atomic E-state index is 0.0256. The number of carbonyl (C=O) groups is 2. The molecule has 1 fully saturated rings. The van der Waals surface area contributed by atoms with E-state index in [9.17, 15) is 9.59 Å². The smallest absolute Gasteiger partial charge is 0.224 e. The molecule has 0 aromatic heterocycles. The number of piperidine rings is 1. The lowest BCUT2D eigenvalue weighted by Crippen LogP contribution is -2.47. The lowest BCUT2D eigenvalue weighted by atomic mass is 9.91. The summed E-state index contributed by atoms with van der Waals surface area (Å²) in [6, 6.07) is 9.96. The molecule has 126 valence electrons. The Hall–Kier alpha value is -1.84. The fourth-order valence-electron chi connectivity index (χ4n) is 2.90. The predicted molar refractivity (Wildman–Crippen MR) is 92.0 cm³/mol. The summed E-state index contributed by atoms with van der Waals surface area (Å²) in [5, 5.41) is 3.10. The quantitative estimate of drug-likeness (QED) is 0.928. The van der Waals surface area contributed by atoms with E-state index in [1.807, 2.05) is 35.2 Å². The molecule has 4 nitrogen and oxygen atoms in total. The first kappa shape index (κ1) is 17.5. The van der Waals surface area contributed by atoms with Crippen LogP contribution in [0.5, 0.6) is 0 Å². The van der Waals surface area contributed by atoms with Gasteiger partial charge in [-0.3, -0.25) is 9.59 Å². The molecule has 2 amide bonds. The summed E-state index contributed by atoms with van der Waals surface area (Å²) in [6.07, 6.45) is 2.69. The molecule has 1 aliphatic rings. The first-order chi connectivity index (χ1) is 10.8. The fraction of sp³-hybridized carbons (Fsp3) is 0.579. The molecule has 0 radical (unpaired) electrons. The number of hydrogen-bond acceptors (Lipinski definition) is 2. The van der Waals surface area contributed by atoms with Gasteiger partial charge in [0.25, 0.3) is 0 Å². The molecule has 0 saturated carbocycles. The minimum Gasteiger partial charge on any atom is -0.353 e. The van der Waals surface area contributed by atoms with Crippen LogP contribution < -0.4 is 5.32 Å². The van der Waals surface area contributed by atoms with Crippen molar-refractivity contribution in [2.75, 3.05) is 13.1 Å². The molecule has 1 heterocycles. The van der Waals surface area contributed by atoms with Gasteiger partial charge in [-0.05, 0) is 23.8 Å². The van der Waals surface area contributed by atoms with Gasteiger partial charge in [-0.25, -0.2) is 0 Å². The van der Waals surface area contributed by atoms with Gasteiger partial charge in [0.15, 0.2) is 0 Å². The molecule has 0 unspecified atom stereocenters. The van der Waals surface area contributed by atoms with Crippen molar-refractivity contribution >= 4 is 11.8 Å². The number of carbonyl (C=O) groups excluding carboxylic acids is 2. The van der Waals surface area contributed by atoms with Crippen LogP contribution in [0.1, 0.15) is 45.6 Å². The highest BCUT2D eigenvalue weighted by atomic mass is 16.2. The molecular formula is C19H28N2O2. The molecule has 1 aromatic carbocycles. The summed E-state index contributed by atoms with van der Waals surface area (Å²) in [6.45, 7) is 7.74. The molecule has 1 N–H and O–H groups in total. The molecule has 0 atom stereocenters. The van der Waals surface area contributed by atoms with Gasteiger partial charge in [-0.15, -0.1) is 0 Å². The number of nitrogens with zero attached hydrogens (tertiary/aromatic N) is 1. The molecule has 0 bridgehead atoms. The molecule has 1 aliphatic heterocycles. The maximum absolute atomic E-state index is 12.2. The van der Waals surface area contributed by atoms with E-state index in [-0.39, 0.29) is 23.3 Å². The Balaban J connectivity index is 1.74. The van der Waals surface area contributed by atoms with Crippen molar-refractivity contribution in [3.63, 3.8) is 0 Å². The number of benzene rings is 1. The number of rotatable bonds is 4. The standard InChI is InChI=1S/C19H28N2O2/c1-19(2,3)14-18(23)21-11-9-16(10-12-21)20-17(22)13-15-7-5-4-6-8-15/h4-8,16H,9-14H2,1-3H3,(H,20,22). The summed E-state index contributed by atoms with van der Waals surface area (Å²) < 4.78 is 0. The van der Waals surface area contributed by atoms with Crippen LogP contribution in [0, 0.1) is 5.41 Å². The van der Waals surface area contributed by atoms with Crippen LogP contribution in [0.15, 0.2) is 30.3 Å². The Morgan fingerprint density at radius 2 is 1.74 bits per heavy atom. The molecule has 4 heteroatoms. The van der Waals surface area contributed by atoms with E-state index < -0.39 is 0 Å². The third-order valence-corrected chi connectivity index (χ3v) is 4.10. The Kier molecular flexibility index (Phi) is 5.80. The summed E-state index contributed by atoms with van der Waals surface area (Å²) in [5.41, 5.74) is 1.06. The van der Waals surface area contributed by atoms with E-state index in [1.165, 1.54) is 0 Å². The average molecular weight is 316 g/mol. The number of nitrogens with one attached hydrogen (secondary N) is 1. The van der Waals surface area contributed by atoms with Crippen molar-refractivity contribution in [1.29, 1.82) is 0 Å². The second-order valence-electron chi connectivity index (χ2n) is 7.62. The molecule has 1 aromatic rings. The Labute approximate surface area is 139 Å². The van der Waals surface area contributed by atoms with Crippen molar-refractivity contribution < 1.29 is 9.59 Å².